The van der Waals surface area contributed by atoms with E-state index in [1.807, 2.05) is 12.1 Å². The molecule has 0 spiro atoms. The van der Waals surface area contributed by atoms with Crippen LogP contribution in [0.2, 0.25) is 0 Å². The minimum Gasteiger partial charge on any atom is -0.497 e. The summed E-state index contributed by atoms with van der Waals surface area (Å²) in [5.74, 6) is 0.301. The van der Waals surface area contributed by atoms with Crippen LogP contribution in [-0.2, 0) is 9.53 Å². The lowest BCUT2D eigenvalue weighted by atomic mass is 9.94. The van der Waals surface area contributed by atoms with E-state index < -0.39 is 17.3 Å². The largest absolute Gasteiger partial charge is 0.497 e. The van der Waals surface area contributed by atoms with E-state index in [1.165, 1.54) is 18.9 Å². The van der Waals surface area contributed by atoms with Gasteiger partial charge in [-0.2, -0.15) is 5.26 Å². The summed E-state index contributed by atoms with van der Waals surface area (Å²) in [6.07, 6.45) is 0. The number of aliphatic imine (C=N–C) groups is 1. The van der Waals surface area contributed by atoms with Crippen molar-refractivity contribution in [1.29, 1.82) is 10.7 Å². The Hall–Kier alpha value is -2.79. The molecule has 1 N–H and O–H groups in total. The highest BCUT2D eigenvalue weighted by Crippen LogP contribution is 2.43. The summed E-state index contributed by atoms with van der Waals surface area (Å²) in [6.45, 7) is 1.73. The third-order valence-electron chi connectivity index (χ3n) is 4.08. The summed E-state index contributed by atoms with van der Waals surface area (Å²) in [5, 5.41) is 17.5. The Morgan fingerprint density at radius 2 is 2.04 bits per heavy atom. The van der Waals surface area contributed by atoms with Crippen molar-refractivity contribution in [1.82, 2.24) is 4.90 Å². The number of methoxy groups -OCH3 is 2. The van der Waals surface area contributed by atoms with Crippen LogP contribution in [0.5, 0.6) is 5.75 Å². The zero-order chi connectivity index (χ0) is 18.1. The fraction of sp³-hybridized carbons (Fsp3) is 0.294. The molecule has 2 heterocycles. The molecule has 1 fully saturated rings. The number of hydrogen-bond acceptors (Lipinski definition) is 7. The minimum atomic E-state index is -0.649. The van der Waals surface area contributed by atoms with Gasteiger partial charge in [0.15, 0.2) is 10.4 Å². The summed E-state index contributed by atoms with van der Waals surface area (Å²) in [4.78, 5) is 18.4. The number of hydrogen-bond donors (Lipinski definition) is 1. The molecule has 25 heavy (non-hydrogen) atoms. The van der Waals surface area contributed by atoms with Crippen LogP contribution in [0.1, 0.15) is 18.5 Å². The molecule has 2 aliphatic rings. The summed E-state index contributed by atoms with van der Waals surface area (Å²) < 4.78 is 10.1. The van der Waals surface area contributed by atoms with Gasteiger partial charge in [-0.1, -0.05) is 23.9 Å². The smallest absolute Gasteiger partial charge is 0.338 e. The summed E-state index contributed by atoms with van der Waals surface area (Å²) >= 11 is 1.21. The zero-order valence-corrected chi connectivity index (χ0v) is 14.8. The van der Waals surface area contributed by atoms with Gasteiger partial charge in [-0.3, -0.25) is 10.3 Å². The molecule has 128 valence electrons. The predicted molar refractivity (Wildman–Crippen MR) is 94.4 cm³/mol. The maximum atomic E-state index is 12.4. The Labute approximate surface area is 149 Å². The molecule has 3 rings (SSSR count). The van der Waals surface area contributed by atoms with Crippen LogP contribution in [0.25, 0.3) is 0 Å². The van der Waals surface area contributed by atoms with E-state index in [-0.39, 0.29) is 5.84 Å². The molecule has 1 aromatic carbocycles. The SMILES string of the molecule is COC(=O)C1=C(C)N=C2SC(C#N)C(=N)N2C1c1ccc(OC)cc1. The van der Waals surface area contributed by atoms with Gasteiger partial charge < -0.3 is 9.47 Å². The van der Waals surface area contributed by atoms with Gasteiger partial charge in [0.1, 0.15) is 11.6 Å². The lowest BCUT2D eigenvalue weighted by molar-refractivity contribution is -0.136. The van der Waals surface area contributed by atoms with Gasteiger partial charge in [-0.25, -0.2) is 9.79 Å². The Morgan fingerprint density at radius 1 is 1.36 bits per heavy atom. The van der Waals surface area contributed by atoms with Gasteiger partial charge in [0.25, 0.3) is 0 Å². The van der Waals surface area contributed by atoms with Crippen molar-refractivity contribution in [3.63, 3.8) is 0 Å². The number of carbonyl (C=O) groups excluding carboxylic acids is 1. The number of benzene rings is 1. The van der Waals surface area contributed by atoms with Crippen LogP contribution in [-0.4, -0.2) is 41.3 Å². The molecule has 8 heteroatoms. The van der Waals surface area contributed by atoms with Crippen molar-refractivity contribution in [3.05, 3.63) is 41.1 Å². The summed E-state index contributed by atoms with van der Waals surface area (Å²) in [5.41, 5.74) is 1.68. The topological polar surface area (TPSA) is 98.8 Å². The second kappa shape index (κ2) is 6.61. The lowest BCUT2D eigenvalue weighted by Gasteiger charge is -2.33. The number of nitrogens with one attached hydrogen (secondary N) is 1. The Kier molecular flexibility index (Phi) is 4.51. The Balaban J connectivity index is 2.15. The van der Waals surface area contributed by atoms with Gasteiger partial charge >= 0.3 is 5.97 Å². The molecule has 1 saturated heterocycles. The van der Waals surface area contributed by atoms with Crippen LogP contribution >= 0.6 is 11.8 Å². The zero-order valence-electron chi connectivity index (χ0n) is 13.9. The number of amidine groups is 2. The molecule has 1 aromatic rings. The fourth-order valence-corrected chi connectivity index (χ4v) is 3.86. The minimum absolute atomic E-state index is 0.112. The first-order chi connectivity index (χ1) is 12.0. The molecule has 0 bridgehead atoms. The lowest BCUT2D eigenvalue weighted by Crippen LogP contribution is -2.40. The Bertz CT molecular complexity index is 838. The number of nitriles is 1. The van der Waals surface area contributed by atoms with E-state index in [2.05, 4.69) is 11.1 Å². The molecule has 2 atom stereocenters. The highest BCUT2D eigenvalue weighted by Gasteiger charge is 2.45. The average molecular weight is 356 g/mol. The van der Waals surface area contributed by atoms with E-state index in [0.717, 1.165) is 5.56 Å². The second-order valence-electron chi connectivity index (χ2n) is 5.44. The summed E-state index contributed by atoms with van der Waals surface area (Å²) in [6, 6.07) is 8.78. The number of allylic oxidation sites excluding steroid dienone is 1. The maximum absolute atomic E-state index is 12.4. The Morgan fingerprint density at radius 3 is 2.60 bits per heavy atom. The molecule has 7 nitrogen and oxygen atoms in total. The van der Waals surface area contributed by atoms with E-state index in [0.29, 0.717) is 22.2 Å². The van der Waals surface area contributed by atoms with Gasteiger partial charge in [-0.05, 0) is 24.6 Å². The molecular weight excluding hydrogens is 340 g/mol. The van der Waals surface area contributed by atoms with Crippen LogP contribution in [0, 0.1) is 16.7 Å². The first-order valence-electron chi connectivity index (χ1n) is 7.47. The van der Waals surface area contributed by atoms with Crippen LogP contribution in [0.15, 0.2) is 40.5 Å². The van der Waals surface area contributed by atoms with Gasteiger partial charge in [0, 0.05) is 0 Å². The summed E-state index contributed by atoms with van der Waals surface area (Å²) in [7, 11) is 2.89. The van der Waals surface area contributed by atoms with Crippen LogP contribution < -0.4 is 4.74 Å². The first-order valence-corrected chi connectivity index (χ1v) is 8.35. The van der Waals surface area contributed by atoms with E-state index in [1.54, 1.807) is 31.1 Å². The number of nitrogens with zero attached hydrogens (tertiary/aromatic N) is 3. The van der Waals surface area contributed by atoms with Gasteiger partial charge in [0.2, 0.25) is 0 Å². The van der Waals surface area contributed by atoms with Crippen molar-refractivity contribution in [2.45, 2.75) is 18.2 Å². The molecule has 0 radical (unpaired) electrons. The third-order valence-corrected chi connectivity index (χ3v) is 5.14. The average Bonchev–Trinajstić information content (AvgIpc) is 2.95. The molecule has 0 aromatic heterocycles. The van der Waals surface area contributed by atoms with Gasteiger partial charge in [0.05, 0.1) is 37.6 Å². The van der Waals surface area contributed by atoms with Crippen molar-refractivity contribution < 1.29 is 14.3 Å². The number of ether oxygens (including phenoxy) is 2. The van der Waals surface area contributed by atoms with Crippen molar-refractivity contribution in [3.8, 4) is 11.8 Å². The highest BCUT2D eigenvalue weighted by molar-refractivity contribution is 8.15. The maximum Gasteiger partial charge on any atom is 0.338 e. The standard InChI is InChI=1S/C17H16N4O3S/c1-9-13(16(22)24-3)14(10-4-6-11(23-2)7-5-10)21-15(19)12(8-18)25-17(21)20-9/h4-7,12,14,19H,1-3H3. The molecule has 0 aliphatic carbocycles. The van der Waals surface area contributed by atoms with Crippen molar-refractivity contribution in [2.24, 2.45) is 4.99 Å². The van der Waals surface area contributed by atoms with E-state index in [4.69, 9.17) is 14.9 Å². The molecule has 0 saturated carbocycles. The number of esters is 1. The van der Waals surface area contributed by atoms with Crippen LogP contribution in [0.4, 0.5) is 0 Å². The number of rotatable bonds is 3. The normalized spacial score (nSPS) is 22.2. The molecule has 2 aliphatic heterocycles. The van der Waals surface area contributed by atoms with Crippen molar-refractivity contribution in [2.75, 3.05) is 14.2 Å². The number of fused-ring (bicyclic) bond motifs is 1. The molecule has 2 unspecified atom stereocenters. The van der Waals surface area contributed by atoms with E-state index >= 15 is 0 Å². The van der Waals surface area contributed by atoms with E-state index in [9.17, 15) is 10.1 Å². The molecule has 0 amide bonds. The molecular formula is C17H16N4O3S. The van der Waals surface area contributed by atoms with Crippen LogP contribution in [0.3, 0.4) is 0 Å². The van der Waals surface area contributed by atoms with Gasteiger partial charge in [-0.15, -0.1) is 0 Å². The first kappa shape index (κ1) is 17.0. The van der Waals surface area contributed by atoms with Crippen molar-refractivity contribution >= 4 is 28.7 Å². The monoisotopic (exact) mass is 356 g/mol. The highest BCUT2D eigenvalue weighted by atomic mass is 32.2. The fourth-order valence-electron chi connectivity index (χ4n) is 2.87. The quantitative estimate of drug-likeness (QED) is 0.835. The predicted octanol–water partition coefficient (Wildman–Crippen LogP) is 2.47. The second-order valence-corrected chi connectivity index (χ2v) is 6.52. The third kappa shape index (κ3) is 2.76. The number of thioether (sulfide) groups is 1. The number of carbonyl (C=O) groups is 1.